The minimum absolute atomic E-state index is 0.0493. The summed E-state index contributed by atoms with van der Waals surface area (Å²) >= 11 is 0. The van der Waals surface area contributed by atoms with Gasteiger partial charge in [0.1, 0.15) is 11.2 Å². The predicted molar refractivity (Wildman–Crippen MR) is 212 cm³/mol. The van der Waals surface area contributed by atoms with Crippen LogP contribution in [0.1, 0.15) is 65.3 Å². The number of alkyl halides is 2. The Morgan fingerprint density at radius 3 is 2.10 bits per heavy atom. The Balaban J connectivity index is 1.10. The molecule has 3 aromatic heterocycles. The summed E-state index contributed by atoms with van der Waals surface area (Å²) in [5, 5.41) is 19.5. The Labute approximate surface area is 334 Å². The van der Waals surface area contributed by atoms with E-state index in [2.05, 4.69) is 11.8 Å². The Morgan fingerprint density at radius 1 is 0.729 bits per heavy atom. The maximum Gasteiger partial charge on any atom is 0.586 e. The van der Waals surface area contributed by atoms with Gasteiger partial charge in [-0.1, -0.05) is 12.1 Å². The molecule has 0 bridgehead atoms. The molecule has 3 aliphatic heterocycles. The molecule has 10 rings (SSSR count). The van der Waals surface area contributed by atoms with E-state index in [1.165, 1.54) is 30.3 Å². The number of carboxylic acids is 2. The molecule has 2 saturated heterocycles. The van der Waals surface area contributed by atoms with Gasteiger partial charge >= 0.3 is 18.2 Å². The lowest BCUT2D eigenvalue weighted by Crippen LogP contribution is -2.38. The molecule has 0 spiro atoms. The zero-order valence-corrected chi connectivity index (χ0v) is 31.6. The van der Waals surface area contributed by atoms with Crippen molar-refractivity contribution >= 4 is 56.7 Å². The number of halogens is 2. The molecule has 0 unspecified atom stereocenters. The van der Waals surface area contributed by atoms with Crippen molar-refractivity contribution in [2.75, 3.05) is 22.9 Å². The fraction of sp³-hybridized carbons (Fsp3) is 0.279. The average Bonchev–Trinajstić information content (AvgIpc) is 3.95. The van der Waals surface area contributed by atoms with Gasteiger partial charge in [0.15, 0.2) is 34.4 Å². The van der Waals surface area contributed by atoms with Crippen molar-refractivity contribution in [2.45, 2.75) is 63.8 Å². The fourth-order valence-electron chi connectivity index (χ4n) is 8.47. The number of benzene rings is 4. The Kier molecular flexibility index (Phi) is 8.54. The molecule has 0 amide bonds. The molecule has 59 heavy (non-hydrogen) atoms. The topological polar surface area (TPSA) is 177 Å². The van der Waals surface area contributed by atoms with Gasteiger partial charge in [-0.15, -0.1) is 8.78 Å². The lowest BCUT2D eigenvalue weighted by atomic mass is 9.97. The summed E-state index contributed by atoms with van der Waals surface area (Å²) in [6.07, 6.45) is 0.540. The normalized spacial score (nSPS) is 18.6. The number of rotatable bonds is 8. The summed E-state index contributed by atoms with van der Waals surface area (Å²) < 4.78 is 46.4. The van der Waals surface area contributed by atoms with Gasteiger partial charge in [-0.2, -0.15) is 0 Å². The Hall–Kier alpha value is -6.97. The second-order valence-corrected chi connectivity index (χ2v) is 15.2. The highest BCUT2D eigenvalue weighted by Gasteiger charge is 2.46. The predicted octanol–water partition coefficient (Wildman–Crippen LogP) is 8.36. The third-order valence-corrected chi connectivity index (χ3v) is 11.3. The minimum Gasteiger partial charge on any atom is -0.478 e. The van der Waals surface area contributed by atoms with Crippen molar-refractivity contribution < 1.29 is 42.5 Å². The SMILES string of the molecule is C[C@H]1CCCCN1c1nc2cc(C(=O)O)ccc2nc1-c1cc(C[C@H]2CCCN2c2nc3cc(C(=O)O)ccc3nc2-c2nc3ccccc3o2)c2c(c1)OC(F)(F)O2. The zero-order valence-electron chi connectivity index (χ0n) is 31.6. The summed E-state index contributed by atoms with van der Waals surface area (Å²) in [5.41, 5.74) is 4.65. The van der Waals surface area contributed by atoms with Crippen LogP contribution in [0.2, 0.25) is 0 Å². The van der Waals surface area contributed by atoms with Crippen LogP contribution < -0.4 is 19.3 Å². The van der Waals surface area contributed by atoms with Crippen LogP contribution in [0.4, 0.5) is 20.4 Å². The van der Waals surface area contributed by atoms with Gasteiger partial charge in [-0.05, 0) is 106 Å². The smallest absolute Gasteiger partial charge is 0.478 e. The standard InChI is InChI=1S/C43H35F2N7O7/c1-22-7-4-5-15-51(22)38-35(46-28-13-11-23(41(53)54)19-31(28)48-38)25-17-26(37-34(21-25)58-43(44,45)59-37)18-27-8-6-16-52(27)39-36(40-50-30-9-2-3-10-33(30)57-40)47-29-14-12-24(42(55)56)20-32(29)49-39/h2-3,9-14,17,19-22,27H,4-8,15-16,18H2,1H3,(H,53,54)(H,55,56)/t22-,27+/m0/s1. The summed E-state index contributed by atoms with van der Waals surface area (Å²) in [5.74, 6) is -1.28. The number of aromatic carboxylic acids is 2. The Morgan fingerprint density at radius 2 is 1.41 bits per heavy atom. The first-order chi connectivity index (χ1) is 28.5. The molecule has 4 aromatic carbocycles. The number of piperidine rings is 1. The number of carbonyl (C=O) groups is 2. The van der Waals surface area contributed by atoms with Gasteiger partial charge in [0.2, 0.25) is 5.89 Å². The van der Waals surface area contributed by atoms with E-state index in [4.69, 9.17) is 38.8 Å². The van der Waals surface area contributed by atoms with E-state index >= 15 is 0 Å². The first-order valence-corrected chi connectivity index (χ1v) is 19.4. The van der Waals surface area contributed by atoms with Crippen LogP contribution in [-0.2, 0) is 6.42 Å². The number of hydrogen-bond acceptors (Lipinski definition) is 12. The molecule has 0 aliphatic carbocycles. The van der Waals surface area contributed by atoms with Crippen molar-refractivity contribution in [3.8, 4) is 34.3 Å². The van der Waals surface area contributed by atoms with E-state index in [1.54, 1.807) is 24.3 Å². The molecule has 6 heterocycles. The number of fused-ring (bicyclic) bond motifs is 4. The van der Waals surface area contributed by atoms with E-state index in [9.17, 15) is 28.6 Å². The fourth-order valence-corrected chi connectivity index (χ4v) is 8.47. The van der Waals surface area contributed by atoms with Gasteiger partial charge in [0.05, 0.1) is 33.2 Å². The lowest BCUT2D eigenvalue weighted by molar-refractivity contribution is -0.286. The third kappa shape index (κ3) is 6.53. The highest BCUT2D eigenvalue weighted by atomic mass is 19.3. The maximum atomic E-state index is 15.0. The number of anilines is 2. The highest BCUT2D eigenvalue weighted by molar-refractivity contribution is 5.95. The molecule has 2 N–H and O–H groups in total. The van der Waals surface area contributed by atoms with Gasteiger partial charge in [0.25, 0.3) is 0 Å². The van der Waals surface area contributed by atoms with Crippen molar-refractivity contribution in [1.82, 2.24) is 24.9 Å². The third-order valence-electron chi connectivity index (χ3n) is 11.3. The van der Waals surface area contributed by atoms with E-state index in [-0.39, 0.29) is 47.0 Å². The van der Waals surface area contributed by atoms with Crippen LogP contribution in [0, 0.1) is 0 Å². The lowest BCUT2D eigenvalue weighted by Gasteiger charge is -2.35. The molecule has 298 valence electrons. The van der Waals surface area contributed by atoms with Crippen LogP contribution >= 0.6 is 0 Å². The molecule has 2 atom stereocenters. The van der Waals surface area contributed by atoms with Crippen LogP contribution in [0.25, 0.3) is 56.0 Å². The quantitative estimate of drug-likeness (QED) is 0.150. The van der Waals surface area contributed by atoms with E-state index < -0.39 is 18.2 Å². The van der Waals surface area contributed by atoms with Crippen molar-refractivity contribution in [3.05, 3.63) is 89.5 Å². The number of nitrogens with zero attached hydrogens (tertiary/aromatic N) is 7. The van der Waals surface area contributed by atoms with Crippen LogP contribution in [0.5, 0.6) is 11.5 Å². The van der Waals surface area contributed by atoms with Gasteiger partial charge < -0.3 is 33.9 Å². The number of carboxylic acid groups (broad SMARTS) is 2. The monoisotopic (exact) mass is 799 g/mol. The molecule has 14 nitrogen and oxygen atoms in total. The van der Waals surface area contributed by atoms with E-state index in [0.717, 1.165) is 25.7 Å². The first-order valence-electron chi connectivity index (χ1n) is 19.4. The van der Waals surface area contributed by atoms with Crippen LogP contribution in [-0.4, -0.2) is 78.5 Å². The average molecular weight is 800 g/mol. The molecule has 0 saturated carbocycles. The molecule has 16 heteroatoms. The minimum atomic E-state index is -3.91. The summed E-state index contributed by atoms with van der Waals surface area (Å²) in [7, 11) is 0. The molecular formula is C43H35F2N7O7. The summed E-state index contributed by atoms with van der Waals surface area (Å²) in [6, 6.07) is 19.4. The van der Waals surface area contributed by atoms with Gasteiger partial charge in [-0.3, -0.25) is 0 Å². The Bertz CT molecular complexity index is 2840. The number of hydrogen-bond donors (Lipinski definition) is 2. The number of para-hydroxylation sites is 2. The van der Waals surface area contributed by atoms with Gasteiger partial charge in [0, 0.05) is 36.3 Å². The largest absolute Gasteiger partial charge is 0.586 e. The summed E-state index contributed by atoms with van der Waals surface area (Å²) in [4.78, 5) is 52.5. The van der Waals surface area contributed by atoms with Crippen molar-refractivity contribution in [2.24, 2.45) is 0 Å². The van der Waals surface area contributed by atoms with Crippen LogP contribution in [0.15, 0.2) is 77.2 Å². The number of ether oxygens (including phenoxy) is 2. The molecule has 7 aromatic rings. The second kappa shape index (κ2) is 13.9. The summed E-state index contributed by atoms with van der Waals surface area (Å²) in [6.45, 7) is 3.30. The maximum absolute atomic E-state index is 15.0. The molecule has 2 fully saturated rings. The van der Waals surface area contributed by atoms with Crippen molar-refractivity contribution in [1.29, 1.82) is 0 Å². The second-order valence-electron chi connectivity index (χ2n) is 15.2. The van der Waals surface area contributed by atoms with E-state index in [1.807, 2.05) is 23.1 Å². The zero-order chi connectivity index (χ0) is 40.6. The first kappa shape index (κ1) is 36.4. The van der Waals surface area contributed by atoms with E-state index in [0.29, 0.717) is 86.8 Å². The van der Waals surface area contributed by atoms with Crippen molar-refractivity contribution in [3.63, 3.8) is 0 Å². The van der Waals surface area contributed by atoms with Crippen LogP contribution in [0.3, 0.4) is 0 Å². The van der Waals surface area contributed by atoms with Gasteiger partial charge in [-0.25, -0.2) is 34.5 Å². The highest BCUT2D eigenvalue weighted by Crippen LogP contribution is 2.48. The number of aromatic nitrogens is 5. The molecule has 0 radical (unpaired) electrons. The molecular weight excluding hydrogens is 765 g/mol. The number of oxazole rings is 1. The molecule has 3 aliphatic rings.